The molecule has 1 amide bonds. The number of carbonyl (C=O) groups excluding carboxylic acids is 2. The van der Waals surface area contributed by atoms with Crippen molar-refractivity contribution in [3.8, 4) is 0 Å². The van der Waals surface area contributed by atoms with Gasteiger partial charge >= 0.3 is 12.1 Å². The molecule has 1 N–H and O–H groups in total. The third kappa shape index (κ3) is 7.58. The first kappa shape index (κ1) is 29.7. The SMILES string of the molecule is CCC1(CC)OC2C(O1)[C@@H](CN=[N+]=[N-])O[C@H]2O[C@H](C)[C@H](NC(=O)OCc1ccccc1)C(=O)OC(C)(C)C. The molecule has 1 aromatic carbocycles. The maximum atomic E-state index is 13.1. The number of nitrogens with one attached hydrogen (secondary N) is 1. The van der Waals surface area contributed by atoms with E-state index in [2.05, 4.69) is 15.3 Å². The molecule has 12 heteroatoms. The van der Waals surface area contributed by atoms with Gasteiger partial charge in [0.25, 0.3) is 0 Å². The van der Waals surface area contributed by atoms with E-state index in [9.17, 15) is 9.59 Å². The lowest BCUT2D eigenvalue weighted by molar-refractivity contribution is -0.257. The number of benzene rings is 1. The topological polar surface area (TPSA) is 150 Å². The van der Waals surface area contributed by atoms with Gasteiger partial charge in [-0.15, -0.1) is 0 Å². The zero-order chi connectivity index (χ0) is 27.9. The second-order valence-corrected chi connectivity index (χ2v) is 10.3. The predicted molar refractivity (Wildman–Crippen MR) is 136 cm³/mol. The number of ether oxygens (including phenoxy) is 6. The van der Waals surface area contributed by atoms with Crippen molar-refractivity contribution in [3.63, 3.8) is 0 Å². The first-order chi connectivity index (χ1) is 18.0. The molecule has 0 aromatic heterocycles. The van der Waals surface area contributed by atoms with Crippen molar-refractivity contribution in [1.82, 2.24) is 5.32 Å². The summed E-state index contributed by atoms with van der Waals surface area (Å²) in [5, 5.41) is 6.20. The fourth-order valence-electron chi connectivity index (χ4n) is 4.35. The van der Waals surface area contributed by atoms with E-state index < -0.39 is 60.2 Å². The molecule has 0 spiro atoms. The van der Waals surface area contributed by atoms with Crippen LogP contribution in [0, 0.1) is 0 Å². The molecule has 0 saturated carbocycles. The van der Waals surface area contributed by atoms with Crippen LogP contribution in [0.5, 0.6) is 0 Å². The maximum absolute atomic E-state index is 13.1. The summed E-state index contributed by atoms with van der Waals surface area (Å²) in [5.41, 5.74) is 8.79. The number of nitrogens with zero attached hydrogens (tertiary/aromatic N) is 3. The summed E-state index contributed by atoms with van der Waals surface area (Å²) >= 11 is 0. The number of carbonyl (C=O) groups is 2. The van der Waals surface area contributed by atoms with E-state index in [4.69, 9.17) is 34.0 Å². The monoisotopic (exact) mass is 534 g/mol. The molecule has 6 atom stereocenters. The zero-order valence-electron chi connectivity index (χ0n) is 22.8. The Morgan fingerprint density at radius 2 is 1.82 bits per heavy atom. The van der Waals surface area contributed by atoms with Crippen molar-refractivity contribution < 1.29 is 38.0 Å². The maximum Gasteiger partial charge on any atom is 0.408 e. The van der Waals surface area contributed by atoms with Gasteiger partial charge in [-0.2, -0.15) is 0 Å². The number of hydrogen-bond donors (Lipinski definition) is 1. The minimum Gasteiger partial charge on any atom is -0.458 e. The highest BCUT2D eigenvalue weighted by Crippen LogP contribution is 2.43. The summed E-state index contributed by atoms with van der Waals surface area (Å²) in [4.78, 5) is 28.5. The van der Waals surface area contributed by atoms with Crippen LogP contribution in [-0.2, 0) is 39.8 Å². The van der Waals surface area contributed by atoms with Crippen molar-refractivity contribution in [2.75, 3.05) is 6.54 Å². The molecule has 2 fully saturated rings. The Hall–Kier alpha value is -2.89. The van der Waals surface area contributed by atoms with E-state index >= 15 is 0 Å². The summed E-state index contributed by atoms with van der Waals surface area (Å²) in [7, 11) is 0. The number of fused-ring (bicyclic) bond motifs is 1. The van der Waals surface area contributed by atoms with Crippen LogP contribution in [0.3, 0.4) is 0 Å². The normalized spacial score (nSPS) is 25.5. The third-order valence-corrected chi connectivity index (χ3v) is 6.34. The average molecular weight is 535 g/mol. The predicted octanol–water partition coefficient (Wildman–Crippen LogP) is 4.36. The van der Waals surface area contributed by atoms with Gasteiger partial charge in [0.05, 0.1) is 18.8 Å². The molecule has 2 unspecified atom stereocenters. The van der Waals surface area contributed by atoms with Crippen LogP contribution in [0.25, 0.3) is 10.4 Å². The lowest BCUT2D eigenvalue weighted by atomic mass is 10.1. The Labute approximate surface area is 222 Å². The van der Waals surface area contributed by atoms with Gasteiger partial charge in [0.1, 0.15) is 24.4 Å². The first-order valence-electron chi connectivity index (χ1n) is 12.9. The lowest BCUT2D eigenvalue weighted by Gasteiger charge is -2.31. The molecule has 3 rings (SSSR count). The molecule has 1 aromatic rings. The molecule has 210 valence electrons. The molecule has 2 aliphatic heterocycles. The highest BCUT2D eigenvalue weighted by Gasteiger charge is 2.58. The quantitative estimate of drug-likeness (QED) is 0.190. The van der Waals surface area contributed by atoms with Crippen LogP contribution < -0.4 is 5.32 Å². The molecule has 0 radical (unpaired) electrons. The van der Waals surface area contributed by atoms with E-state index in [1.165, 1.54) is 0 Å². The number of alkyl carbamates (subject to hydrolysis) is 1. The van der Waals surface area contributed by atoms with Crippen molar-refractivity contribution in [1.29, 1.82) is 0 Å². The summed E-state index contributed by atoms with van der Waals surface area (Å²) in [6, 6.07) is 7.96. The number of azide groups is 1. The number of amides is 1. The van der Waals surface area contributed by atoms with E-state index in [0.29, 0.717) is 12.8 Å². The first-order valence-corrected chi connectivity index (χ1v) is 12.9. The molecule has 2 aliphatic rings. The smallest absolute Gasteiger partial charge is 0.408 e. The standard InChI is InChI=1S/C26H38N4O8/c1-7-26(8-2)36-20-18(14-28-30-27)35-23(21(20)37-26)34-16(3)19(22(31)38-25(4,5)6)29-24(32)33-15-17-12-10-9-11-13-17/h9-13,16,18-21,23H,7-8,14-15H2,1-6H3,(H,29,32)/t16-,18-,19+,20?,21?,23-/m1/s1. The second-order valence-electron chi connectivity index (χ2n) is 10.3. The molecule has 38 heavy (non-hydrogen) atoms. The number of hydrogen-bond acceptors (Lipinski definition) is 9. The zero-order valence-corrected chi connectivity index (χ0v) is 22.8. The molecule has 2 saturated heterocycles. The fraction of sp³-hybridized carbons (Fsp3) is 0.692. The Kier molecular flexibility index (Phi) is 9.97. The van der Waals surface area contributed by atoms with E-state index in [1.807, 2.05) is 44.2 Å². The number of rotatable bonds is 11. The van der Waals surface area contributed by atoms with Crippen molar-refractivity contribution in [2.24, 2.45) is 5.11 Å². The van der Waals surface area contributed by atoms with Crippen molar-refractivity contribution in [3.05, 3.63) is 46.3 Å². The van der Waals surface area contributed by atoms with Gasteiger partial charge < -0.3 is 33.7 Å². The summed E-state index contributed by atoms with van der Waals surface area (Å²) in [5.74, 6) is -1.51. The highest BCUT2D eigenvalue weighted by atomic mass is 16.8. The van der Waals surface area contributed by atoms with Crippen LogP contribution in [0.1, 0.15) is 59.9 Å². The molecular formula is C26H38N4O8. The summed E-state index contributed by atoms with van der Waals surface area (Å²) in [6.45, 7) is 10.8. The molecular weight excluding hydrogens is 496 g/mol. The van der Waals surface area contributed by atoms with Gasteiger partial charge in [0, 0.05) is 4.91 Å². The minimum atomic E-state index is -1.21. The summed E-state index contributed by atoms with van der Waals surface area (Å²) in [6.07, 6.45) is -3.20. The average Bonchev–Trinajstić information content (AvgIpc) is 3.41. The highest BCUT2D eigenvalue weighted by molar-refractivity contribution is 5.82. The van der Waals surface area contributed by atoms with Crippen molar-refractivity contribution in [2.45, 2.75) is 109 Å². The van der Waals surface area contributed by atoms with Crippen LogP contribution in [0.15, 0.2) is 35.4 Å². The van der Waals surface area contributed by atoms with Gasteiger partial charge in [0.2, 0.25) is 0 Å². The van der Waals surface area contributed by atoms with Crippen LogP contribution >= 0.6 is 0 Å². The lowest BCUT2D eigenvalue weighted by Crippen LogP contribution is -2.52. The second kappa shape index (κ2) is 12.8. The van der Waals surface area contributed by atoms with Gasteiger partial charge in [-0.1, -0.05) is 49.3 Å². The molecule has 12 nitrogen and oxygen atoms in total. The van der Waals surface area contributed by atoms with Gasteiger partial charge in [-0.25, -0.2) is 9.59 Å². The Balaban J connectivity index is 1.74. The van der Waals surface area contributed by atoms with Gasteiger partial charge in [0.15, 0.2) is 18.1 Å². The van der Waals surface area contributed by atoms with E-state index in [0.717, 1.165) is 5.56 Å². The van der Waals surface area contributed by atoms with Gasteiger partial charge in [-0.05, 0) is 51.6 Å². The minimum absolute atomic E-state index is 0.0261. The Morgan fingerprint density at radius 3 is 2.42 bits per heavy atom. The van der Waals surface area contributed by atoms with Crippen LogP contribution in [-0.4, -0.2) is 66.7 Å². The summed E-state index contributed by atoms with van der Waals surface area (Å²) < 4.78 is 35.4. The van der Waals surface area contributed by atoms with Crippen molar-refractivity contribution >= 4 is 12.1 Å². The third-order valence-electron chi connectivity index (χ3n) is 6.34. The van der Waals surface area contributed by atoms with Crippen LogP contribution in [0.4, 0.5) is 4.79 Å². The van der Waals surface area contributed by atoms with E-state index in [-0.39, 0.29) is 13.2 Å². The Morgan fingerprint density at radius 1 is 1.16 bits per heavy atom. The Bertz CT molecular complexity index is 991. The molecule has 0 aliphatic carbocycles. The molecule has 0 bridgehead atoms. The fourth-order valence-corrected chi connectivity index (χ4v) is 4.35. The molecule has 2 heterocycles. The number of esters is 1. The van der Waals surface area contributed by atoms with Gasteiger partial charge in [-0.3, -0.25) is 0 Å². The van der Waals surface area contributed by atoms with E-state index in [1.54, 1.807) is 27.7 Å². The largest absolute Gasteiger partial charge is 0.458 e. The van der Waals surface area contributed by atoms with Crippen LogP contribution in [0.2, 0.25) is 0 Å².